The van der Waals surface area contributed by atoms with Gasteiger partial charge in [0.25, 0.3) is 5.91 Å². The van der Waals surface area contributed by atoms with Gasteiger partial charge in [0.1, 0.15) is 17.4 Å². The smallest absolute Gasteiger partial charge is 0.410 e. The molecule has 0 aromatic carbocycles. The molecular formula is C17H22ClN5O4. The zero-order chi connectivity index (χ0) is 19.6. The van der Waals surface area contributed by atoms with E-state index in [2.05, 4.69) is 15.4 Å². The number of amides is 2. The van der Waals surface area contributed by atoms with Crippen LogP contribution in [0.15, 0.2) is 18.3 Å². The van der Waals surface area contributed by atoms with E-state index in [4.69, 9.17) is 21.1 Å². The number of hydrogen-bond donors (Lipinski definition) is 1. The van der Waals surface area contributed by atoms with E-state index in [1.54, 1.807) is 23.2 Å². The first-order valence-electron chi connectivity index (χ1n) is 8.61. The minimum atomic E-state index is -0.539. The van der Waals surface area contributed by atoms with Crippen LogP contribution in [0.2, 0.25) is 5.15 Å². The number of halogens is 1. The third-order valence-corrected chi connectivity index (χ3v) is 4.00. The van der Waals surface area contributed by atoms with Gasteiger partial charge in [-0.2, -0.15) is 5.10 Å². The molecule has 146 valence electrons. The van der Waals surface area contributed by atoms with E-state index in [1.165, 1.54) is 4.52 Å². The van der Waals surface area contributed by atoms with Crippen molar-refractivity contribution in [3.8, 4) is 0 Å². The number of rotatable bonds is 4. The van der Waals surface area contributed by atoms with E-state index in [-0.39, 0.29) is 24.7 Å². The maximum atomic E-state index is 12.1. The molecule has 1 saturated heterocycles. The molecule has 10 heteroatoms. The molecule has 0 bridgehead atoms. The lowest BCUT2D eigenvalue weighted by atomic mass is 10.2. The Morgan fingerprint density at radius 2 is 2.15 bits per heavy atom. The van der Waals surface area contributed by atoms with Gasteiger partial charge in [-0.05, 0) is 39.3 Å². The SMILES string of the molecule is CC(C)(C)OC(=O)N1CCC(OCC(=O)Nc2cn3nc(Cl)ccc3n2)C1. The molecule has 2 aromatic heterocycles. The summed E-state index contributed by atoms with van der Waals surface area (Å²) in [6.07, 6.45) is 1.65. The van der Waals surface area contributed by atoms with Gasteiger partial charge in [0.2, 0.25) is 0 Å². The third-order valence-electron chi connectivity index (χ3n) is 3.80. The van der Waals surface area contributed by atoms with Crippen LogP contribution >= 0.6 is 11.6 Å². The highest BCUT2D eigenvalue weighted by Gasteiger charge is 2.30. The van der Waals surface area contributed by atoms with Gasteiger partial charge in [-0.1, -0.05) is 11.6 Å². The zero-order valence-corrected chi connectivity index (χ0v) is 16.2. The number of nitrogens with zero attached hydrogens (tertiary/aromatic N) is 4. The predicted octanol–water partition coefficient (Wildman–Crippen LogP) is 2.35. The molecule has 1 atom stereocenters. The summed E-state index contributed by atoms with van der Waals surface area (Å²) in [4.78, 5) is 29.9. The molecule has 0 radical (unpaired) electrons. The summed E-state index contributed by atoms with van der Waals surface area (Å²) in [6.45, 7) is 6.28. The van der Waals surface area contributed by atoms with Gasteiger partial charge < -0.3 is 19.7 Å². The average molecular weight is 396 g/mol. The number of imidazole rings is 1. The van der Waals surface area contributed by atoms with Crippen molar-refractivity contribution in [1.82, 2.24) is 19.5 Å². The molecule has 1 fully saturated rings. The summed E-state index contributed by atoms with van der Waals surface area (Å²) in [5.41, 5.74) is 0.0303. The Hall–Kier alpha value is -2.39. The van der Waals surface area contributed by atoms with E-state index in [1.807, 2.05) is 20.8 Å². The Labute approximate surface area is 161 Å². The van der Waals surface area contributed by atoms with E-state index in [0.29, 0.717) is 36.1 Å². The number of carbonyl (C=O) groups is 2. The van der Waals surface area contributed by atoms with Gasteiger partial charge in [0, 0.05) is 6.54 Å². The molecule has 27 heavy (non-hydrogen) atoms. The van der Waals surface area contributed by atoms with Gasteiger partial charge >= 0.3 is 6.09 Å². The number of anilines is 1. The molecule has 1 aliphatic rings. The molecule has 0 aliphatic carbocycles. The summed E-state index contributed by atoms with van der Waals surface area (Å²) in [5.74, 6) is 0.0281. The van der Waals surface area contributed by atoms with Crippen molar-refractivity contribution in [3.63, 3.8) is 0 Å². The van der Waals surface area contributed by atoms with Gasteiger partial charge in [-0.15, -0.1) is 0 Å². The Bertz CT molecular complexity index is 847. The number of carbonyl (C=O) groups excluding carboxylic acids is 2. The van der Waals surface area contributed by atoms with Crippen LogP contribution < -0.4 is 5.32 Å². The number of aromatic nitrogens is 3. The lowest BCUT2D eigenvalue weighted by Gasteiger charge is -2.24. The zero-order valence-electron chi connectivity index (χ0n) is 15.4. The monoisotopic (exact) mass is 395 g/mol. The molecule has 0 spiro atoms. The van der Waals surface area contributed by atoms with Gasteiger partial charge in [-0.25, -0.2) is 14.3 Å². The van der Waals surface area contributed by atoms with Gasteiger partial charge in [-0.3, -0.25) is 4.79 Å². The summed E-state index contributed by atoms with van der Waals surface area (Å²) in [7, 11) is 0. The van der Waals surface area contributed by atoms with Gasteiger partial charge in [0.15, 0.2) is 11.5 Å². The Balaban J connectivity index is 1.46. The Morgan fingerprint density at radius 3 is 2.89 bits per heavy atom. The van der Waals surface area contributed by atoms with Crippen LogP contribution in [0.1, 0.15) is 27.2 Å². The summed E-state index contributed by atoms with van der Waals surface area (Å²) in [5, 5.41) is 7.04. The molecule has 0 saturated carbocycles. The van der Waals surface area contributed by atoms with Crippen LogP contribution in [-0.2, 0) is 14.3 Å². The molecular weight excluding hydrogens is 374 g/mol. The molecule has 2 aromatic rings. The summed E-state index contributed by atoms with van der Waals surface area (Å²) in [6, 6.07) is 3.32. The minimum Gasteiger partial charge on any atom is -0.444 e. The topological polar surface area (TPSA) is 98.1 Å². The minimum absolute atomic E-state index is 0.130. The van der Waals surface area contributed by atoms with Crippen LogP contribution in [0.3, 0.4) is 0 Å². The number of ether oxygens (including phenoxy) is 2. The second-order valence-corrected chi connectivity index (χ2v) is 7.67. The predicted molar refractivity (Wildman–Crippen MR) is 98.8 cm³/mol. The Kier molecular flexibility index (Phi) is 5.52. The maximum Gasteiger partial charge on any atom is 0.410 e. The number of fused-ring (bicyclic) bond motifs is 1. The van der Waals surface area contributed by atoms with Crippen LogP contribution in [0.25, 0.3) is 5.65 Å². The summed E-state index contributed by atoms with van der Waals surface area (Å²) < 4.78 is 12.4. The van der Waals surface area contributed by atoms with E-state index in [0.717, 1.165) is 0 Å². The molecule has 3 heterocycles. The van der Waals surface area contributed by atoms with Crippen molar-refractivity contribution in [1.29, 1.82) is 0 Å². The fraction of sp³-hybridized carbons (Fsp3) is 0.529. The fourth-order valence-electron chi connectivity index (χ4n) is 2.65. The van der Waals surface area contributed by atoms with Crippen molar-refractivity contribution in [2.75, 3.05) is 25.0 Å². The lowest BCUT2D eigenvalue weighted by Crippen LogP contribution is -2.36. The molecule has 3 rings (SSSR count). The van der Waals surface area contributed by atoms with Crippen LogP contribution in [0.4, 0.5) is 10.6 Å². The number of nitrogens with one attached hydrogen (secondary N) is 1. The van der Waals surface area contributed by atoms with Crippen molar-refractivity contribution in [2.45, 2.75) is 38.9 Å². The lowest BCUT2D eigenvalue weighted by molar-refractivity contribution is -0.122. The van der Waals surface area contributed by atoms with E-state index < -0.39 is 5.60 Å². The van der Waals surface area contributed by atoms with E-state index >= 15 is 0 Å². The molecule has 1 unspecified atom stereocenters. The standard InChI is InChI=1S/C17H22ClN5O4/c1-17(2,3)27-16(25)22-7-6-11(8-22)26-10-15(24)20-13-9-23-14(19-13)5-4-12(18)21-23/h4-5,9,11H,6-8,10H2,1-3H3,(H,20,24). The molecule has 2 amide bonds. The normalized spacial score (nSPS) is 17.3. The first kappa shape index (κ1) is 19.4. The fourth-order valence-corrected chi connectivity index (χ4v) is 2.79. The van der Waals surface area contributed by atoms with Crippen LogP contribution in [0, 0.1) is 0 Å². The molecule has 9 nitrogen and oxygen atoms in total. The van der Waals surface area contributed by atoms with Crippen molar-refractivity contribution < 1.29 is 19.1 Å². The maximum absolute atomic E-state index is 12.1. The first-order chi connectivity index (χ1) is 12.7. The van der Waals surface area contributed by atoms with Gasteiger partial charge in [0.05, 0.1) is 18.8 Å². The second kappa shape index (κ2) is 7.69. The number of likely N-dealkylation sites (tertiary alicyclic amines) is 1. The first-order valence-corrected chi connectivity index (χ1v) is 8.99. The highest BCUT2D eigenvalue weighted by molar-refractivity contribution is 6.29. The molecule has 1 aliphatic heterocycles. The summed E-state index contributed by atoms with van der Waals surface area (Å²) >= 11 is 5.82. The third kappa shape index (κ3) is 5.30. The number of hydrogen-bond acceptors (Lipinski definition) is 6. The molecule has 1 N–H and O–H groups in total. The second-order valence-electron chi connectivity index (χ2n) is 7.28. The van der Waals surface area contributed by atoms with Crippen molar-refractivity contribution >= 4 is 35.1 Å². The van der Waals surface area contributed by atoms with Crippen molar-refractivity contribution in [3.05, 3.63) is 23.5 Å². The van der Waals surface area contributed by atoms with Crippen molar-refractivity contribution in [2.24, 2.45) is 0 Å². The van der Waals surface area contributed by atoms with E-state index in [9.17, 15) is 9.59 Å². The largest absolute Gasteiger partial charge is 0.444 e. The quantitative estimate of drug-likeness (QED) is 0.853. The van der Waals surface area contributed by atoms with Crippen LogP contribution in [-0.4, -0.2) is 62.9 Å². The highest BCUT2D eigenvalue weighted by atomic mass is 35.5. The highest BCUT2D eigenvalue weighted by Crippen LogP contribution is 2.17. The Morgan fingerprint density at radius 1 is 1.37 bits per heavy atom. The average Bonchev–Trinajstić information content (AvgIpc) is 3.17. The van der Waals surface area contributed by atoms with Crippen LogP contribution in [0.5, 0.6) is 0 Å².